The van der Waals surface area contributed by atoms with Crippen molar-refractivity contribution < 1.29 is 14.7 Å². The fraction of sp³-hybridized carbons (Fsp3) is 0.0833. The van der Waals surface area contributed by atoms with Crippen LogP contribution in [0.15, 0.2) is 85.1 Å². The molecule has 0 saturated carbocycles. The molecule has 2 N–H and O–H groups in total. The van der Waals surface area contributed by atoms with Gasteiger partial charge < -0.3 is 10.4 Å². The molecule has 0 aliphatic rings. The Kier molecular flexibility index (Phi) is 5.48. The van der Waals surface area contributed by atoms with Crippen molar-refractivity contribution in [2.75, 3.05) is 0 Å². The van der Waals surface area contributed by atoms with Gasteiger partial charge in [0.2, 0.25) is 0 Å². The third kappa shape index (κ3) is 4.17. The summed E-state index contributed by atoms with van der Waals surface area (Å²) in [4.78, 5) is 33.8. The van der Waals surface area contributed by atoms with Gasteiger partial charge in [-0.15, -0.1) is 0 Å². The molecule has 2 heterocycles. The largest absolute Gasteiger partial charge is 0.480 e. The molecule has 0 bridgehead atoms. The number of para-hydroxylation sites is 1. The van der Waals surface area contributed by atoms with E-state index in [1.165, 1.54) is 0 Å². The number of nitrogens with zero attached hydrogens (tertiary/aromatic N) is 2. The monoisotopic (exact) mass is 397 g/mol. The molecule has 148 valence electrons. The van der Waals surface area contributed by atoms with Gasteiger partial charge in [-0.05, 0) is 29.8 Å². The molecule has 0 fully saturated rings. The highest BCUT2D eigenvalue weighted by atomic mass is 16.4. The van der Waals surface area contributed by atoms with Crippen molar-refractivity contribution in [2.24, 2.45) is 0 Å². The van der Waals surface area contributed by atoms with Crippen LogP contribution < -0.4 is 5.32 Å². The predicted molar refractivity (Wildman–Crippen MR) is 114 cm³/mol. The van der Waals surface area contributed by atoms with Gasteiger partial charge >= 0.3 is 5.97 Å². The number of hydrogen-bond donors (Lipinski definition) is 2. The van der Waals surface area contributed by atoms with Gasteiger partial charge in [-0.3, -0.25) is 9.78 Å². The van der Waals surface area contributed by atoms with E-state index in [1.54, 1.807) is 24.4 Å². The van der Waals surface area contributed by atoms with Gasteiger partial charge in [-0.2, -0.15) is 0 Å². The minimum atomic E-state index is -1.09. The van der Waals surface area contributed by atoms with Crippen molar-refractivity contribution in [1.82, 2.24) is 15.3 Å². The number of fused-ring (bicyclic) bond motifs is 1. The van der Waals surface area contributed by atoms with Crippen molar-refractivity contribution in [2.45, 2.75) is 12.5 Å². The summed E-state index contributed by atoms with van der Waals surface area (Å²) in [6.45, 7) is 0. The van der Waals surface area contributed by atoms with Crippen LogP contribution in [0.1, 0.15) is 15.9 Å². The fourth-order valence-electron chi connectivity index (χ4n) is 3.29. The lowest BCUT2D eigenvalue weighted by molar-refractivity contribution is -0.139. The first-order chi connectivity index (χ1) is 14.6. The first-order valence-electron chi connectivity index (χ1n) is 9.50. The average Bonchev–Trinajstić information content (AvgIpc) is 2.79. The first kappa shape index (κ1) is 19.3. The Hall–Kier alpha value is -4.06. The second-order valence-corrected chi connectivity index (χ2v) is 6.84. The first-order valence-corrected chi connectivity index (χ1v) is 9.50. The van der Waals surface area contributed by atoms with Gasteiger partial charge in [0.05, 0.1) is 22.5 Å². The van der Waals surface area contributed by atoms with Crippen LogP contribution >= 0.6 is 0 Å². The van der Waals surface area contributed by atoms with Crippen LogP contribution in [0, 0.1) is 0 Å². The minimum absolute atomic E-state index is 0.192. The molecule has 6 nitrogen and oxygen atoms in total. The number of hydrogen-bond acceptors (Lipinski definition) is 4. The van der Waals surface area contributed by atoms with Gasteiger partial charge in [0, 0.05) is 18.0 Å². The number of aromatic nitrogens is 2. The zero-order valence-electron chi connectivity index (χ0n) is 16.0. The topological polar surface area (TPSA) is 92.2 Å². The number of benzene rings is 2. The summed E-state index contributed by atoms with van der Waals surface area (Å²) in [5.41, 5.74) is 3.02. The Bertz CT molecular complexity index is 1190. The molecule has 1 atom stereocenters. The maximum absolute atomic E-state index is 13.1. The number of carbonyl (C=O) groups excluding carboxylic acids is 1. The van der Waals surface area contributed by atoms with E-state index in [9.17, 15) is 14.7 Å². The van der Waals surface area contributed by atoms with Crippen LogP contribution in [0.25, 0.3) is 22.3 Å². The molecule has 4 rings (SSSR count). The molecule has 6 heteroatoms. The molecule has 0 aliphatic heterocycles. The molecule has 4 aromatic rings. The lowest BCUT2D eigenvalue weighted by Crippen LogP contribution is -2.42. The summed E-state index contributed by atoms with van der Waals surface area (Å²) in [7, 11) is 0. The van der Waals surface area contributed by atoms with Crippen molar-refractivity contribution in [3.63, 3.8) is 0 Å². The summed E-state index contributed by atoms with van der Waals surface area (Å²) >= 11 is 0. The van der Waals surface area contributed by atoms with E-state index in [1.807, 2.05) is 60.7 Å². The van der Waals surface area contributed by atoms with Crippen LogP contribution in [0.2, 0.25) is 0 Å². The molecule has 1 amide bonds. The lowest BCUT2D eigenvalue weighted by atomic mass is 10.0. The van der Waals surface area contributed by atoms with Crippen LogP contribution in [-0.2, 0) is 11.2 Å². The van der Waals surface area contributed by atoms with Crippen LogP contribution in [-0.4, -0.2) is 33.0 Å². The minimum Gasteiger partial charge on any atom is -0.480 e. The Balaban J connectivity index is 1.70. The van der Waals surface area contributed by atoms with E-state index in [0.717, 1.165) is 5.56 Å². The second kappa shape index (κ2) is 8.53. The van der Waals surface area contributed by atoms with Crippen LogP contribution in [0.4, 0.5) is 0 Å². The third-order valence-corrected chi connectivity index (χ3v) is 4.77. The number of carbonyl (C=O) groups is 2. The van der Waals surface area contributed by atoms with Gasteiger partial charge in [0.1, 0.15) is 6.04 Å². The zero-order valence-corrected chi connectivity index (χ0v) is 16.0. The standard InChI is InChI=1S/C24H19N3O3/c28-23(27-22(24(29)30)14-16-8-2-1-3-9-16)18-15-21(20-12-6-7-13-25-20)26-19-11-5-4-10-17(18)19/h1-13,15,22H,14H2,(H,27,28)(H,29,30). The Morgan fingerprint density at radius 2 is 1.63 bits per heavy atom. The average molecular weight is 397 g/mol. The highest BCUT2D eigenvalue weighted by molar-refractivity contribution is 6.08. The van der Waals surface area contributed by atoms with Crippen molar-refractivity contribution in [3.8, 4) is 11.4 Å². The highest BCUT2D eigenvalue weighted by Gasteiger charge is 2.23. The smallest absolute Gasteiger partial charge is 0.326 e. The normalized spacial score (nSPS) is 11.7. The van der Waals surface area contributed by atoms with E-state index in [-0.39, 0.29) is 6.42 Å². The predicted octanol–water partition coefficient (Wildman–Crippen LogP) is 3.72. The SMILES string of the molecule is O=C(NC(Cc1ccccc1)C(=O)O)c1cc(-c2ccccn2)nc2ccccc12. The van der Waals surface area contributed by atoms with Crippen molar-refractivity contribution >= 4 is 22.8 Å². The van der Waals surface area contributed by atoms with Crippen molar-refractivity contribution in [1.29, 1.82) is 0 Å². The number of rotatable bonds is 6. The summed E-state index contributed by atoms with van der Waals surface area (Å²) in [6.07, 6.45) is 1.85. The summed E-state index contributed by atoms with van der Waals surface area (Å²) in [6, 6.07) is 22.6. The molecule has 2 aromatic heterocycles. The molecule has 0 aliphatic carbocycles. The van der Waals surface area contributed by atoms with Gasteiger partial charge in [-0.1, -0.05) is 54.6 Å². The lowest BCUT2D eigenvalue weighted by Gasteiger charge is -2.16. The zero-order chi connectivity index (χ0) is 20.9. The van der Waals surface area contributed by atoms with E-state index in [0.29, 0.717) is 27.9 Å². The van der Waals surface area contributed by atoms with Crippen LogP contribution in [0.3, 0.4) is 0 Å². The number of aliphatic carboxylic acids is 1. The van der Waals surface area contributed by atoms with Gasteiger partial charge in [0.15, 0.2) is 0 Å². The maximum atomic E-state index is 13.1. The summed E-state index contributed by atoms with van der Waals surface area (Å²) in [5, 5.41) is 13.0. The van der Waals surface area contributed by atoms with Gasteiger partial charge in [-0.25, -0.2) is 9.78 Å². The van der Waals surface area contributed by atoms with E-state index < -0.39 is 17.9 Å². The van der Waals surface area contributed by atoms with Gasteiger partial charge in [0.25, 0.3) is 5.91 Å². The quantitative estimate of drug-likeness (QED) is 0.517. The molecule has 0 spiro atoms. The third-order valence-electron chi connectivity index (χ3n) is 4.77. The van der Waals surface area contributed by atoms with E-state index in [4.69, 9.17) is 0 Å². The molecular weight excluding hydrogens is 378 g/mol. The number of carboxylic acid groups (broad SMARTS) is 1. The molecule has 30 heavy (non-hydrogen) atoms. The van der Waals surface area contributed by atoms with Crippen molar-refractivity contribution in [3.05, 3.63) is 96.2 Å². The Labute approximate surface area is 173 Å². The Morgan fingerprint density at radius 1 is 0.900 bits per heavy atom. The Morgan fingerprint density at radius 3 is 2.37 bits per heavy atom. The second-order valence-electron chi connectivity index (χ2n) is 6.84. The fourth-order valence-corrected chi connectivity index (χ4v) is 3.29. The molecular formula is C24H19N3O3. The van der Waals surface area contributed by atoms with E-state index in [2.05, 4.69) is 15.3 Å². The summed E-state index contributed by atoms with van der Waals surface area (Å²) < 4.78 is 0. The number of amides is 1. The molecule has 0 radical (unpaired) electrons. The number of pyridine rings is 2. The number of nitrogens with one attached hydrogen (secondary N) is 1. The molecule has 0 saturated heterocycles. The number of carboxylic acids is 1. The maximum Gasteiger partial charge on any atom is 0.326 e. The van der Waals surface area contributed by atoms with Crippen LogP contribution in [0.5, 0.6) is 0 Å². The molecule has 2 aromatic carbocycles. The summed E-state index contributed by atoms with van der Waals surface area (Å²) in [5.74, 6) is -1.55. The highest BCUT2D eigenvalue weighted by Crippen LogP contribution is 2.24. The molecule has 1 unspecified atom stereocenters. The van der Waals surface area contributed by atoms with E-state index >= 15 is 0 Å².